The number of likely N-dealkylation sites (N-methyl/N-ethyl adjacent to an activating group) is 1. The van der Waals surface area contributed by atoms with Crippen LogP contribution in [0.4, 0.5) is 5.69 Å². The number of anilines is 1. The van der Waals surface area contributed by atoms with Gasteiger partial charge in [-0.1, -0.05) is 6.07 Å². The van der Waals surface area contributed by atoms with Crippen LogP contribution in [0.15, 0.2) is 42.6 Å². The Morgan fingerprint density at radius 2 is 1.86 bits per heavy atom. The molecule has 0 saturated heterocycles. The molecule has 0 aliphatic rings. The molecule has 0 spiro atoms. The number of carboxylic acids is 1. The highest BCUT2D eigenvalue weighted by Gasteiger charge is 2.14. The molecule has 2 aromatic rings. The average molecular weight is 284 g/mol. The molecule has 1 aromatic carbocycles. The molecule has 5 heteroatoms. The average Bonchev–Trinajstić information content (AvgIpc) is 2.49. The predicted octanol–water partition coefficient (Wildman–Crippen LogP) is 2.29. The maximum Gasteiger partial charge on any atom is 0.335 e. The van der Waals surface area contributed by atoms with Crippen molar-refractivity contribution >= 4 is 17.6 Å². The number of pyridine rings is 1. The predicted molar refractivity (Wildman–Crippen MR) is 79.5 cm³/mol. The van der Waals surface area contributed by atoms with Gasteiger partial charge in [0.2, 0.25) is 5.91 Å². The summed E-state index contributed by atoms with van der Waals surface area (Å²) < 4.78 is 0. The molecule has 5 nitrogen and oxygen atoms in total. The number of aromatic carboxylic acids is 1. The smallest absolute Gasteiger partial charge is 0.335 e. The number of nitrogens with zero attached hydrogens (tertiary/aromatic N) is 2. The highest BCUT2D eigenvalue weighted by molar-refractivity contribution is 5.95. The molecule has 1 amide bonds. The van der Waals surface area contributed by atoms with Crippen LogP contribution in [0, 0.1) is 6.92 Å². The second kappa shape index (κ2) is 6.17. The number of carbonyl (C=O) groups excluding carboxylic acids is 1. The minimum Gasteiger partial charge on any atom is -0.478 e. The molecule has 0 bridgehead atoms. The number of carboxylic acid groups (broad SMARTS) is 1. The van der Waals surface area contributed by atoms with Crippen molar-refractivity contribution in [1.82, 2.24) is 4.98 Å². The zero-order valence-corrected chi connectivity index (χ0v) is 11.9. The van der Waals surface area contributed by atoms with Crippen molar-refractivity contribution in [3.05, 3.63) is 59.4 Å². The highest BCUT2D eigenvalue weighted by atomic mass is 16.4. The number of amides is 1. The number of carbonyl (C=O) groups is 2. The molecular formula is C16H16N2O3. The molecule has 0 aliphatic carbocycles. The van der Waals surface area contributed by atoms with Crippen LogP contribution in [0.25, 0.3) is 0 Å². The third-order valence-electron chi connectivity index (χ3n) is 3.31. The van der Waals surface area contributed by atoms with Crippen LogP contribution in [-0.4, -0.2) is 29.0 Å². The maximum atomic E-state index is 12.3. The minimum absolute atomic E-state index is 0.0973. The summed E-state index contributed by atoms with van der Waals surface area (Å²) in [5.74, 6) is -1.08. The van der Waals surface area contributed by atoms with E-state index in [1.54, 1.807) is 25.4 Å². The molecule has 1 aromatic heterocycles. The summed E-state index contributed by atoms with van der Waals surface area (Å²) >= 11 is 0. The first-order chi connectivity index (χ1) is 9.99. The Labute approximate surface area is 122 Å². The van der Waals surface area contributed by atoms with E-state index in [-0.39, 0.29) is 17.9 Å². The van der Waals surface area contributed by atoms with Crippen LogP contribution in [0.3, 0.4) is 0 Å². The first kappa shape index (κ1) is 14.7. The quantitative estimate of drug-likeness (QED) is 0.935. The Balaban J connectivity index is 2.12. The van der Waals surface area contributed by atoms with E-state index in [4.69, 9.17) is 5.11 Å². The molecule has 0 saturated carbocycles. The van der Waals surface area contributed by atoms with Gasteiger partial charge in [0.15, 0.2) is 0 Å². The third kappa shape index (κ3) is 3.45. The molecule has 0 unspecified atom stereocenters. The number of rotatable bonds is 4. The molecular weight excluding hydrogens is 268 g/mol. The zero-order chi connectivity index (χ0) is 15.4. The van der Waals surface area contributed by atoms with E-state index in [2.05, 4.69) is 4.98 Å². The molecule has 108 valence electrons. The van der Waals surface area contributed by atoms with Gasteiger partial charge in [0.1, 0.15) is 0 Å². The molecule has 21 heavy (non-hydrogen) atoms. The summed E-state index contributed by atoms with van der Waals surface area (Å²) in [6.45, 7) is 1.91. The monoisotopic (exact) mass is 284 g/mol. The Hall–Kier alpha value is -2.69. The van der Waals surface area contributed by atoms with Crippen molar-refractivity contribution in [2.45, 2.75) is 13.3 Å². The molecule has 1 N–H and O–H groups in total. The lowest BCUT2D eigenvalue weighted by Crippen LogP contribution is -2.28. The normalized spacial score (nSPS) is 10.2. The van der Waals surface area contributed by atoms with Crippen LogP contribution in [0.1, 0.15) is 21.6 Å². The van der Waals surface area contributed by atoms with Crippen molar-refractivity contribution in [1.29, 1.82) is 0 Å². The van der Waals surface area contributed by atoms with Gasteiger partial charge in [0.25, 0.3) is 0 Å². The molecule has 0 fully saturated rings. The molecule has 0 radical (unpaired) electrons. The molecule has 0 aliphatic heterocycles. The van der Waals surface area contributed by atoms with Crippen molar-refractivity contribution in [3.63, 3.8) is 0 Å². The summed E-state index contributed by atoms with van der Waals surface area (Å²) in [6, 6.07) is 9.94. The van der Waals surface area contributed by atoms with Gasteiger partial charge in [0.05, 0.1) is 17.7 Å². The van der Waals surface area contributed by atoms with Gasteiger partial charge in [-0.15, -0.1) is 0 Å². The van der Waals surface area contributed by atoms with E-state index in [9.17, 15) is 9.59 Å². The van der Waals surface area contributed by atoms with Crippen molar-refractivity contribution in [3.8, 4) is 0 Å². The minimum atomic E-state index is -0.986. The van der Waals surface area contributed by atoms with Gasteiger partial charge in [-0.2, -0.15) is 0 Å². The molecule has 1 heterocycles. The van der Waals surface area contributed by atoms with Crippen LogP contribution in [0.5, 0.6) is 0 Å². The third-order valence-corrected chi connectivity index (χ3v) is 3.31. The van der Waals surface area contributed by atoms with Crippen LogP contribution in [0.2, 0.25) is 0 Å². The second-order valence-corrected chi connectivity index (χ2v) is 4.75. The summed E-state index contributed by atoms with van der Waals surface area (Å²) in [6.07, 6.45) is 1.88. The topological polar surface area (TPSA) is 70.5 Å². The second-order valence-electron chi connectivity index (χ2n) is 4.75. The standard InChI is InChI=1S/C16H16N2O3/c1-11-4-3-9-17-14(11)10-15(19)18(2)13-7-5-12(6-8-13)16(20)21/h3-9H,10H2,1-2H3,(H,20,21). The molecule has 0 atom stereocenters. The van der Waals surface area contributed by atoms with Crippen LogP contribution >= 0.6 is 0 Å². The van der Waals surface area contributed by atoms with Crippen molar-refractivity contribution in [2.75, 3.05) is 11.9 Å². The van der Waals surface area contributed by atoms with E-state index in [0.717, 1.165) is 11.3 Å². The first-order valence-electron chi connectivity index (χ1n) is 6.49. The Kier molecular flexibility index (Phi) is 4.33. The van der Waals surface area contributed by atoms with E-state index in [1.807, 2.05) is 19.1 Å². The van der Waals surface area contributed by atoms with Crippen LogP contribution < -0.4 is 4.90 Å². The summed E-state index contributed by atoms with van der Waals surface area (Å²) in [5, 5.41) is 8.86. The summed E-state index contributed by atoms with van der Waals surface area (Å²) in [5.41, 5.74) is 2.57. The number of hydrogen-bond acceptors (Lipinski definition) is 3. The Morgan fingerprint density at radius 1 is 1.19 bits per heavy atom. The van der Waals surface area contributed by atoms with E-state index >= 15 is 0 Å². The lowest BCUT2D eigenvalue weighted by Gasteiger charge is -2.17. The maximum absolute atomic E-state index is 12.3. The zero-order valence-electron chi connectivity index (χ0n) is 11.9. The number of hydrogen-bond donors (Lipinski definition) is 1. The van der Waals surface area contributed by atoms with E-state index in [1.165, 1.54) is 17.0 Å². The van der Waals surface area contributed by atoms with Crippen molar-refractivity contribution < 1.29 is 14.7 Å². The SMILES string of the molecule is Cc1cccnc1CC(=O)N(C)c1ccc(C(=O)O)cc1. The van der Waals surface area contributed by atoms with E-state index in [0.29, 0.717) is 5.69 Å². The Morgan fingerprint density at radius 3 is 2.43 bits per heavy atom. The lowest BCUT2D eigenvalue weighted by atomic mass is 10.1. The number of aryl methyl sites for hydroxylation is 1. The number of aromatic nitrogens is 1. The molecule has 2 rings (SSSR count). The summed E-state index contributed by atoms with van der Waals surface area (Å²) in [7, 11) is 1.66. The van der Waals surface area contributed by atoms with Gasteiger partial charge in [0, 0.05) is 18.9 Å². The fourth-order valence-corrected chi connectivity index (χ4v) is 1.94. The van der Waals surface area contributed by atoms with Gasteiger partial charge >= 0.3 is 5.97 Å². The Bertz CT molecular complexity index is 665. The van der Waals surface area contributed by atoms with Gasteiger partial charge in [-0.3, -0.25) is 9.78 Å². The van der Waals surface area contributed by atoms with Gasteiger partial charge in [-0.05, 0) is 42.8 Å². The fraction of sp³-hybridized carbons (Fsp3) is 0.188. The number of benzene rings is 1. The fourth-order valence-electron chi connectivity index (χ4n) is 1.94. The summed E-state index contributed by atoms with van der Waals surface area (Å²) in [4.78, 5) is 28.8. The van der Waals surface area contributed by atoms with Gasteiger partial charge < -0.3 is 10.0 Å². The lowest BCUT2D eigenvalue weighted by molar-refractivity contribution is -0.117. The van der Waals surface area contributed by atoms with E-state index < -0.39 is 5.97 Å². The largest absolute Gasteiger partial charge is 0.478 e. The van der Waals surface area contributed by atoms with Gasteiger partial charge in [-0.25, -0.2) is 4.79 Å². The van der Waals surface area contributed by atoms with Crippen LogP contribution in [-0.2, 0) is 11.2 Å². The first-order valence-corrected chi connectivity index (χ1v) is 6.49. The van der Waals surface area contributed by atoms with Crippen molar-refractivity contribution in [2.24, 2.45) is 0 Å². The highest BCUT2D eigenvalue weighted by Crippen LogP contribution is 2.15.